The molecule has 1 aromatic rings. The lowest BCUT2D eigenvalue weighted by molar-refractivity contribution is -0.122. The third-order valence-electron chi connectivity index (χ3n) is 1.36. The minimum Gasteiger partial charge on any atom is -0.352 e. The van der Waals surface area contributed by atoms with Gasteiger partial charge in [-0.2, -0.15) is 5.10 Å². The van der Waals surface area contributed by atoms with E-state index in [4.69, 9.17) is 11.6 Å². The molecule has 0 unspecified atom stereocenters. The molecule has 0 fully saturated rings. The van der Waals surface area contributed by atoms with Crippen molar-refractivity contribution in [3.63, 3.8) is 0 Å². The minimum atomic E-state index is -0.0604. The Balaban J connectivity index is 2.45. The van der Waals surface area contributed by atoms with E-state index in [2.05, 4.69) is 10.4 Å². The largest absolute Gasteiger partial charge is 0.352 e. The van der Waals surface area contributed by atoms with Crippen molar-refractivity contribution in [1.82, 2.24) is 15.1 Å². The van der Waals surface area contributed by atoms with Crippen molar-refractivity contribution in [2.75, 3.05) is 0 Å². The number of hydrogen-bond acceptors (Lipinski definition) is 2. The maximum atomic E-state index is 11.2. The molecule has 1 N–H and O–H groups in total. The Kier molecular flexibility index (Phi) is 3.31. The van der Waals surface area contributed by atoms with Crippen molar-refractivity contribution in [2.45, 2.75) is 26.4 Å². The van der Waals surface area contributed by atoms with Gasteiger partial charge in [0.15, 0.2) is 0 Å². The van der Waals surface area contributed by atoms with E-state index in [1.165, 1.54) is 10.9 Å². The van der Waals surface area contributed by atoms with Crippen molar-refractivity contribution in [1.29, 1.82) is 0 Å². The van der Waals surface area contributed by atoms with Crippen LogP contribution < -0.4 is 5.32 Å². The standard InChI is InChI=1S/C8H12ClN3O/c1-6(2)11-8(13)5-12-4-7(9)3-10-12/h3-4,6H,5H2,1-2H3,(H,11,13). The summed E-state index contributed by atoms with van der Waals surface area (Å²) in [6.07, 6.45) is 3.12. The molecule has 72 valence electrons. The highest BCUT2D eigenvalue weighted by atomic mass is 35.5. The maximum Gasteiger partial charge on any atom is 0.241 e. The van der Waals surface area contributed by atoms with Crippen molar-refractivity contribution >= 4 is 17.5 Å². The maximum absolute atomic E-state index is 11.2. The summed E-state index contributed by atoms with van der Waals surface area (Å²) in [5.41, 5.74) is 0. The number of carbonyl (C=O) groups excluding carboxylic acids is 1. The summed E-state index contributed by atoms with van der Waals surface area (Å²) in [5.74, 6) is -0.0604. The van der Waals surface area contributed by atoms with Gasteiger partial charge in [0.2, 0.25) is 5.91 Å². The molecule has 4 nitrogen and oxygen atoms in total. The van der Waals surface area contributed by atoms with E-state index < -0.39 is 0 Å². The van der Waals surface area contributed by atoms with Crippen LogP contribution in [-0.4, -0.2) is 21.7 Å². The smallest absolute Gasteiger partial charge is 0.241 e. The molecule has 0 radical (unpaired) electrons. The Hall–Kier alpha value is -1.03. The fourth-order valence-corrected chi connectivity index (χ4v) is 1.10. The molecule has 13 heavy (non-hydrogen) atoms. The van der Waals surface area contributed by atoms with Gasteiger partial charge in [0, 0.05) is 12.2 Å². The Labute approximate surface area is 81.9 Å². The molecule has 0 spiro atoms. The molecule has 1 heterocycles. The summed E-state index contributed by atoms with van der Waals surface area (Å²) < 4.78 is 1.50. The Bertz CT molecular complexity index is 295. The number of hydrogen-bond donors (Lipinski definition) is 1. The summed E-state index contributed by atoms with van der Waals surface area (Å²) in [6.45, 7) is 4.03. The van der Waals surface area contributed by atoms with Crippen LogP contribution in [0.2, 0.25) is 5.02 Å². The first-order chi connectivity index (χ1) is 6.08. The molecule has 0 bridgehead atoms. The molecule has 0 aliphatic heterocycles. The van der Waals surface area contributed by atoms with Crippen molar-refractivity contribution in [3.8, 4) is 0 Å². The number of aromatic nitrogens is 2. The third kappa shape index (κ3) is 3.46. The molecule has 0 aliphatic rings. The lowest BCUT2D eigenvalue weighted by Gasteiger charge is -2.07. The Morgan fingerprint density at radius 3 is 2.92 bits per heavy atom. The summed E-state index contributed by atoms with van der Waals surface area (Å²) in [5, 5.41) is 7.18. The first-order valence-corrected chi connectivity index (χ1v) is 4.43. The Morgan fingerprint density at radius 1 is 1.77 bits per heavy atom. The lowest BCUT2D eigenvalue weighted by Crippen LogP contribution is -2.33. The van der Waals surface area contributed by atoms with E-state index in [1.54, 1.807) is 6.20 Å². The van der Waals surface area contributed by atoms with Crippen LogP contribution in [0.5, 0.6) is 0 Å². The second-order valence-electron chi connectivity index (χ2n) is 3.08. The van der Waals surface area contributed by atoms with Gasteiger partial charge < -0.3 is 5.32 Å². The number of amides is 1. The highest BCUT2D eigenvalue weighted by molar-refractivity contribution is 6.30. The zero-order valence-electron chi connectivity index (χ0n) is 7.62. The molecule has 1 aromatic heterocycles. The normalized spacial score (nSPS) is 10.5. The molecule has 0 atom stereocenters. The molecule has 1 rings (SSSR count). The molecule has 0 aliphatic carbocycles. The fourth-order valence-electron chi connectivity index (χ4n) is 0.940. The monoisotopic (exact) mass is 201 g/mol. The quantitative estimate of drug-likeness (QED) is 0.795. The average Bonchev–Trinajstić information content (AvgIpc) is 2.33. The number of nitrogens with zero attached hydrogens (tertiary/aromatic N) is 2. The summed E-state index contributed by atoms with van der Waals surface area (Å²) in [7, 11) is 0. The van der Waals surface area contributed by atoms with Gasteiger partial charge in [-0.15, -0.1) is 0 Å². The van der Waals surface area contributed by atoms with Crippen LogP contribution in [0, 0.1) is 0 Å². The van der Waals surface area contributed by atoms with Gasteiger partial charge in [-0.25, -0.2) is 0 Å². The zero-order chi connectivity index (χ0) is 9.84. The highest BCUT2D eigenvalue weighted by Gasteiger charge is 2.04. The molecular formula is C8H12ClN3O. The molecule has 0 aromatic carbocycles. The second kappa shape index (κ2) is 4.28. The van der Waals surface area contributed by atoms with Crippen LogP contribution in [0.3, 0.4) is 0 Å². The number of nitrogens with one attached hydrogen (secondary N) is 1. The number of halogens is 1. The number of carbonyl (C=O) groups is 1. The van der Waals surface area contributed by atoms with Crippen LogP contribution in [0.15, 0.2) is 12.4 Å². The first kappa shape index (κ1) is 10.1. The molecular weight excluding hydrogens is 190 g/mol. The van der Waals surface area contributed by atoms with Crippen LogP contribution >= 0.6 is 11.6 Å². The molecule has 0 saturated heterocycles. The molecule has 0 saturated carbocycles. The third-order valence-corrected chi connectivity index (χ3v) is 1.55. The van der Waals surface area contributed by atoms with Gasteiger partial charge in [0.1, 0.15) is 6.54 Å². The van der Waals surface area contributed by atoms with Crippen LogP contribution in [0.1, 0.15) is 13.8 Å². The van der Waals surface area contributed by atoms with Crippen LogP contribution in [0.4, 0.5) is 0 Å². The van der Waals surface area contributed by atoms with Crippen molar-refractivity contribution < 1.29 is 4.79 Å². The summed E-state index contributed by atoms with van der Waals surface area (Å²) >= 11 is 5.63. The van der Waals surface area contributed by atoms with E-state index >= 15 is 0 Å². The predicted octanol–water partition coefficient (Wildman–Crippen LogP) is 1.06. The predicted molar refractivity (Wildman–Crippen MR) is 50.5 cm³/mol. The van der Waals surface area contributed by atoms with E-state index in [0.29, 0.717) is 5.02 Å². The lowest BCUT2D eigenvalue weighted by atomic mass is 10.4. The topological polar surface area (TPSA) is 46.9 Å². The van der Waals surface area contributed by atoms with Gasteiger partial charge >= 0.3 is 0 Å². The summed E-state index contributed by atoms with van der Waals surface area (Å²) in [4.78, 5) is 11.2. The van der Waals surface area contributed by atoms with E-state index in [0.717, 1.165) is 0 Å². The summed E-state index contributed by atoms with van der Waals surface area (Å²) in [6, 6.07) is 0.151. The van der Waals surface area contributed by atoms with Gasteiger partial charge in [-0.1, -0.05) is 11.6 Å². The van der Waals surface area contributed by atoms with E-state index in [-0.39, 0.29) is 18.5 Å². The highest BCUT2D eigenvalue weighted by Crippen LogP contribution is 2.03. The van der Waals surface area contributed by atoms with Crippen LogP contribution in [0.25, 0.3) is 0 Å². The van der Waals surface area contributed by atoms with Crippen LogP contribution in [-0.2, 0) is 11.3 Å². The van der Waals surface area contributed by atoms with Crippen molar-refractivity contribution in [3.05, 3.63) is 17.4 Å². The first-order valence-electron chi connectivity index (χ1n) is 4.05. The van der Waals surface area contributed by atoms with E-state index in [9.17, 15) is 4.79 Å². The molecule has 5 heteroatoms. The number of rotatable bonds is 3. The second-order valence-corrected chi connectivity index (χ2v) is 3.51. The van der Waals surface area contributed by atoms with Gasteiger partial charge in [0.05, 0.1) is 11.2 Å². The minimum absolute atomic E-state index is 0.0604. The van der Waals surface area contributed by atoms with Gasteiger partial charge in [-0.3, -0.25) is 9.48 Å². The van der Waals surface area contributed by atoms with E-state index in [1.807, 2.05) is 13.8 Å². The van der Waals surface area contributed by atoms with Crippen molar-refractivity contribution in [2.24, 2.45) is 0 Å². The SMILES string of the molecule is CC(C)NC(=O)Cn1cc(Cl)cn1. The van der Waals surface area contributed by atoms with Gasteiger partial charge in [-0.05, 0) is 13.8 Å². The van der Waals surface area contributed by atoms with Gasteiger partial charge in [0.25, 0.3) is 0 Å². The molecule has 1 amide bonds. The average molecular weight is 202 g/mol. The Morgan fingerprint density at radius 2 is 2.46 bits per heavy atom. The fraction of sp³-hybridized carbons (Fsp3) is 0.500. The zero-order valence-corrected chi connectivity index (χ0v) is 8.38.